The number of phenolic OH excluding ortho intramolecular Hbond substituents is 1. The number of hydrogen-bond donors (Lipinski definition) is 2. The summed E-state index contributed by atoms with van der Waals surface area (Å²) in [7, 11) is 0. The number of phenols is 1. The monoisotopic (exact) mass is 388 g/mol. The molecule has 0 aliphatic carbocycles. The molecule has 1 aromatic heterocycles. The van der Waals surface area contributed by atoms with Gasteiger partial charge in [-0.25, -0.2) is 4.79 Å². The van der Waals surface area contributed by atoms with E-state index in [-0.39, 0.29) is 11.4 Å². The largest absolute Gasteiger partial charge is 0.508 e. The van der Waals surface area contributed by atoms with Crippen molar-refractivity contribution in [3.05, 3.63) is 97.3 Å². The molecule has 0 saturated heterocycles. The third-order valence-corrected chi connectivity index (χ3v) is 4.75. The van der Waals surface area contributed by atoms with Crippen molar-refractivity contribution in [3.63, 3.8) is 0 Å². The number of hydrogen-bond acceptors (Lipinski definition) is 5. The average molecular weight is 388 g/mol. The first-order chi connectivity index (χ1) is 13.8. The first-order valence-electron chi connectivity index (χ1n) is 9.00. The minimum absolute atomic E-state index is 0.245. The Kier molecular flexibility index (Phi) is 5.46. The Balaban J connectivity index is 2.03. The fraction of sp³-hybridized carbons (Fsp3) is 0.182. The van der Waals surface area contributed by atoms with Crippen molar-refractivity contribution in [2.45, 2.75) is 26.7 Å². The molecule has 29 heavy (non-hydrogen) atoms. The summed E-state index contributed by atoms with van der Waals surface area (Å²) in [6.07, 6.45) is 2.98. The second-order valence-electron chi connectivity index (χ2n) is 6.82. The van der Waals surface area contributed by atoms with Gasteiger partial charge in [0.1, 0.15) is 11.8 Å². The van der Waals surface area contributed by atoms with Crippen molar-refractivity contribution < 1.29 is 5.11 Å². The summed E-state index contributed by atoms with van der Waals surface area (Å²) in [5, 5.41) is 22.8. The Morgan fingerprint density at radius 3 is 2.55 bits per heavy atom. The lowest BCUT2D eigenvalue weighted by Gasteiger charge is -2.14. The van der Waals surface area contributed by atoms with Crippen LogP contribution in [0, 0.1) is 25.2 Å². The van der Waals surface area contributed by atoms with Crippen molar-refractivity contribution in [2.24, 2.45) is 0 Å². The van der Waals surface area contributed by atoms with Gasteiger partial charge >= 0.3 is 5.69 Å². The molecule has 0 spiro atoms. The molecular weight excluding hydrogens is 368 g/mol. The molecule has 0 aliphatic heterocycles. The SMILES string of the molecule is C=CCc1cc(Cc2c(C)cc(-n3nc(C#N)c(=O)[nH]c3=O)cc2C)ccc1O. The number of nitrogens with zero attached hydrogens (tertiary/aromatic N) is 3. The molecule has 2 N–H and O–H groups in total. The number of aromatic nitrogens is 3. The van der Waals surface area contributed by atoms with Crippen LogP contribution in [0.4, 0.5) is 0 Å². The quantitative estimate of drug-likeness (QED) is 0.652. The fourth-order valence-electron chi connectivity index (χ4n) is 3.29. The zero-order valence-corrected chi connectivity index (χ0v) is 16.2. The number of allylic oxidation sites excluding steroid dienone is 1. The van der Waals surface area contributed by atoms with Crippen LogP contribution in [0.1, 0.15) is 33.5 Å². The minimum atomic E-state index is -0.804. The van der Waals surface area contributed by atoms with Gasteiger partial charge in [0.15, 0.2) is 0 Å². The lowest BCUT2D eigenvalue weighted by atomic mass is 9.94. The van der Waals surface area contributed by atoms with Crippen LogP contribution in [0.2, 0.25) is 0 Å². The standard InChI is InChI=1S/C22H20N4O3/c1-4-5-16-10-15(6-7-20(16)27)11-18-13(2)8-17(9-14(18)3)26-22(29)24-21(28)19(12-23)25-26/h4,6-10,27H,1,5,11H2,2-3H3,(H,24,28,29). The van der Waals surface area contributed by atoms with Gasteiger partial charge in [0.05, 0.1) is 5.69 Å². The van der Waals surface area contributed by atoms with E-state index >= 15 is 0 Å². The molecular formula is C22H20N4O3. The Hall–Kier alpha value is -3.92. The number of nitrogens with one attached hydrogen (secondary N) is 1. The van der Waals surface area contributed by atoms with Crippen molar-refractivity contribution in [2.75, 3.05) is 0 Å². The summed E-state index contributed by atoms with van der Waals surface area (Å²) < 4.78 is 1.02. The van der Waals surface area contributed by atoms with E-state index in [1.165, 1.54) is 0 Å². The van der Waals surface area contributed by atoms with Crippen LogP contribution in [0.5, 0.6) is 5.75 Å². The van der Waals surface area contributed by atoms with Gasteiger partial charge in [0, 0.05) is 0 Å². The number of nitriles is 1. The lowest BCUT2D eigenvalue weighted by molar-refractivity contribution is 0.469. The van der Waals surface area contributed by atoms with Crippen molar-refractivity contribution >= 4 is 0 Å². The van der Waals surface area contributed by atoms with E-state index < -0.39 is 11.2 Å². The number of aryl methyl sites for hydroxylation is 2. The molecule has 3 rings (SSSR count). The van der Waals surface area contributed by atoms with E-state index in [9.17, 15) is 14.7 Å². The van der Waals surface area contributed by atoms with Gasteiger partial charge < -0.3 is 5.11 Å². The van der Waals surface area contributed by atoms with Gasteiger partial charge in [-0.2, -0.15) is 9.94 Å². The maximum absolute atomic E-state index is 12.1. The van der Waals surface area contributed by atoms with Gasteiger partial charge in [0.25, 0.3) is 5.56 Å². The normalized spacial score (nSPS) is 10.5. The molecule has 3 aromatic rings. The molecule has 2 aromatic carbocycles. The molecule has 0 amide bonds. The fourth-order valence-corrected chi connectivity index (χ4v) is 3.29. The van der Waals surface area contributed by atoms with Crippen LogP contribution >= 0.6 is 0 Å². The number of benzene rings is 2. The maximum Gasteiger partial charge on any atom is 0.349 e. The molecule has 0 fully saturated rings. The van der Waals surface area contributed by atoms with Gasteiger partial charge in [-0.3, -0.25) is 9.78 Å². The molecule has 0 atom stereocenters. The van der Waals surface area contributed by atoms with Gasteiger partial charge in [0.2, 0.25) is 5.69 Å². The van der Waals surface area contributed by atoms with Gasteiger partial charge in [-0.05, 0) is 72.7 Å². The van der Waals surface area contributed by atoms with Crippen LogP contribution in [0.3, 0.4) is 0 Å². The predicted molar refractivity (Wildman–Crippen MR) is 109 cm³/mol. The topological polar surface area (TPSA) is 112 Å². The molecule has 0 radical (unpaired) electrons. The van der Waals surface area contributed by atoms with Crippen LogP contribution < -0.4 is 11.2 Å². The van der Waals surface area contributed by atoms with E-state index in [0.717, 1.165) is 32.5 Å². The van der Waals surface area contributed by atoms with Crippen LogP contribution in [-0.4, -0.2) is 19.9 Å². The third-order valence-electron chi connectivity index (χ3n) is 4.75. The number of aromatic hydroxyl groups is 1. The predicted octanol–water partition coefficient (Wildman–Crippen LogP) is 2.43. The molecule has 0 saturated carbocycles. The van der Waals surface area contributed by atoms with E-state index in [0.29, 0.717) is 18.5 Å². The first-order valence-corrected chi connectivity index (χ1v) is 9.00. The Labute approximate surface area is 167 Å². The maximum atomic E-state index is 12.1. The van der Waals surface area contributed by atoms with Crippen molar-refractivity contribution in [3.8, 4) is 17.5 Å². The summed E-state index contributed by atoms with van der Waals surface area (Å²) >= 11 is 0. The van der Waals surface area contributed by atoms with Crippen LogP contribution in [0.25, 0.3) is 5.69 Å². The molecule has 0 aliphatic rings. The Morgan fingerprint density at radius 2 is 1.93 bits per heavy atom. The first kappa shape index (κ1) is 19.8. The van der Waals surface area contributed by atoms with E-state index in [2.05, 4.69) is 16.7 Å². The van der Waals surface area contributed by atoms with Crippen LogP contribution in [-0.2, 0) is 12.8 Å². The van der Waals surface area contributed by atoms with Gasteiger partial charge in [-0.15, -0.1) is 11.7 Å². The summed E-state index contributed by atoms with van der Waals surface area (Å²) in [5.74, 6) is 0.245. The van der Waals surface area contributed by atoms with Crippen LogP contribution in [0.15, 0.2) is 52.6 Å². The highest BCUT2D eigenvalue weighted by atomic mass is 16.3. The Morgan fingerprint density at radius 1 is 1.24 bits per heavy atom. The highest BCUT2D eigenvalue weighted by Gasteiger charge is 2.12. The molecule has 7 heteroatoms. The van der Waals surface area contributed by atoms with E-state index in [1.807, 2.05) is 26.0 Å². The third kappa shape index (κ3) is 4.01. The van der Waals surface area contributed by atoms with E-state index in [4.69, 9.17) is 5.26 Å². The molecule has 146 valence electrons. The van der Waals surface area contributed by atoms with E-state index in [1.54, 1.807) is 30.3 Å². The van der Waals surface area contributed by atoms with Crippen molar-refractivity contribution in [1.82, 2.24) is 14.8 Å². The molecule has 0 unspecified atom stereocenters. The Bertz CT molecular complexity index is 1240. The summed E-state index contributed by atoms with van der Waals surface area (Å²) in [5.41, 5.74) is 3.43. The number of aromatic amines is 1. The summed E-state index contributed by atoms with van der Waals surface area (Å²) in [4.78, 5) is 25.8. The molecule has 7 nitrogen and oxygen atoms in total. The number of rotatable bonds is 5. The zero-order chi connectivity index (χ0) is 21.1. The highest BCUT2D eigenvalue weighted by molar-refractivity contribution is 5.48. The van der Waals surface area contributed by atoms with Gasteiger partial charge in [-0.1, -0.05) is 18.2 Å². The summed E-state index contributed by atoms with van der Waals surface area (Å²) in [6, 6.07) is 10.8. The smallest absolute Gasteiger partial charge is 0.349 e. The zero-order valence-electron chi connectivity index (χ0n) is 16.2. The highest BCUT2D eigenvalue weighted by Crippen LogP contribution is 2.25. The average Bonchev–Trinajstić information content (AvgIpc) is 2.67. The van der Waals surface area contributed by atoms with Crippen molar-refractivity contribution in [1.29, 1.82) is 5.26 Å². The second kappa shape index (κ2) is 7.98. The second-order valence-corrected chi connectivity index (χ2v) is 6.82. The lowest BCUT2D eigenvalue weighted by Crippen LogP contribution is -2.33. The number of H-pyrrole nitrogens is 1. The molecule has 0 bridgehead atoms. The summed E-state index contributed by atoms with van der Waals surface area (Å²) in [6.45, 7) is 7.57. The molecule has 1 heterocycles. The minimum Gasteiger partial charge on any atom is -0.508 e.